The van der Waals surface area contributed by atoms with E-state index in [4.69, 9.17) is 4.74 Å². The molecule has 0 spiro atoms. The summed E-state index contributed by atoms with van der Waals surface area (Å²) in [6.45, 7) is 6.69. The molecule has 1 unspecified atom stereocenters. The first kappa shape index (κ1) is 17.7. The molecule has 5 nitrogen and oxygen atoms in total. The fourth-order valence-electron chi connectivity index (χ4n) is 2.70. The van der Waals surface area contributed by atoms with Gasteiger partial charge in [-0.25, -0.2) is 0 Å². The van der Waals surface area contributed by atoms with Crippen LogP contribution in [0.25, 0.3) is 0 Å². The van der Waals surface area contributed by atoms with E-state index in [-0.39, 0.29) is 11.2 Å². The molecule has 1 atom stereocenters. The molecule has 1 aliphatic carbocycles. The van der Waals surface area contributed by atoms with E-state index < -0.39 is 0 Å². The number of carbonyl (C=O) groups excluding carboxylic acids is 1. The molecular formula is C19H23N3O2S. The molecule has 0 N–H and O–H groups in total. The maximum Gasteiger partial charge on any atom is 0.319 e. The third-order valence-corrected chi connectivity index (χ3v) is 5.22. The summed E-state index contributed by atoms with van der Waals surface area (Å²) in [5, 5.41) is 9.11. The van der Waals surface area contributed by atoms with Gasteiger partial charge in [-0.05, 0) is 31.7 Å². The van der Waals surface area contributed by atoms with Crippen LogP contribution in [0, 0.1) is 0 Å². The summed E-state index contributed by atoms with van der Waals surface area (Å²) < 4.78 is 7.35. The third kappa shape index (κ3) is 4.51. The largest absolute Gasteiger partial charge is 0.465 e. The zero-order chi connectivity index (χ0) is 17.6. The second kappa shape index (κ2) is 8.34. The molecule has 132 valence electrons. The Morgan fingerprint density at radius 2 is 2.16 bits per heavy atom. The molecule has 0 amide bonds. The number of aromatic nitrogens is 3. The highest BCUT2D eigenvalue weighted by molar-refractivity contribution is 8.00. The van der Waals surface area contributed by atoms with E-state index in [0.29, 0.717) is 25.5 Å². The number of rotatable bonds is 9. The first-order valence-electron chi connectivity index (χ1n) is 8.64. The van der Waals surface area contributed by atoms with Crippen molar-refractivity contribution in [3.8, 4) is 0 Å². The molecule has 2 aromatic rings. The zero-order valence-corrected chi connectivity index (χ0v) is 15.2. The van der Waals surface area contributed by atoms with Gasteiger partial charge in [-0.15, -0.1) is 16.8 Å². The van der Waals surface area contributed by atoms with Gasteiger partial charge in [-0.2, -0.15) is 0 Å². The number of ether oxygens (including phenoxy) is 1. The number of allylic oxidation sites excluding steroid dienone is 1. The molecule has 0 bridgehead atoms. The van der Waals surface area contributed by atoms with Gasteiger partial charge >= 0.3 is 5.97 Å². The molecular weight excluding hydrogens is 334 g/mol. The van der Waals surface area contributed by atoms with Crippen molar-refractivity contribution in [1.29, 1.82) is 0 Å². The second-order valence-corrected chi connectivity index (χ2v) is 7.23. The number of benzene rings is 1. The van der Waals surface area contributed by atoms with Crippen molar-refractivity contribution in [2.75, 3.05) is 6.61 Å². The minimum Gasteiger partial charge on any atom is -0.465 e. The minimum absolute atomic E-state index is 0.211. The quantitative estimate of drug-likeness (QED) is 0.390. The van der Waals surface area contributed by atoms with Crippen molar-refractivity contribution in [3.05, 3.63) is 54.4 Å². The predicted molar refractivity (Wildman–Crippen MR) is 98.6 cm³/mol. The van der Waals surface area contributed by atoms with Crippen molar-refractivity contribution < 1.29 is 9.53 Å². The molecule has 1 aromatic heterocycles. The lowest BCUT2D eigenvalue weighted by atomic mass is 10.1. The van der Waals surface area contributed by atoms with Crippen LogP contribution in [0.1, 0.15) is 37.1 Å². The van der Waals surface area contributed by atoms with Gasteiger partial charge in [0.05, 0.1) is 6.61 Å². The highest BCUT2D eigenvalue weighted by atomic mass is 32.2. The molecule has 1 fully saturated rings. The Hall–Kier alpha value is -2.08. The van der Waals surface area contributed by atoms with Gasteiger partial charge in [-0.1, -0.05) is 48.2 Å². The average molecular weight is 357 g/mol. The number of carbonyl (C=O) groups is 1. The monoisotopic (exact) mass is 357 g/mol. The minimum atomic E-state index is -0.345. The summed E-state index contributed by atoms with van der Waals surface area (Å²) in [5.41, 5.74) is 1.10. The van der Waals surface area contributed by atoms with Crippen molar-refractivity contribution in [3.63, 3.8) is 0 Å². The Balaban J connectivity index is 1.81. The Bertz CT molecular complexity index is 726. The van der Waals surface area contributed by atoms with Crippen molar-refractivity contribution in [1.82, 2.24) is 14.8 Å². The van der Waals surface area contributed by atoms with E-state index in [9.17, 15) is 4.79 Å². The Labute approximate surface area is 152 Å². The fourth-order valence-corrected chi connectivity index (χ4v) is 3.77. The normalized spacial score (nSPS) is 14.9. The summed E-state index contributed by atoms with van der Waals surface area (Å²) in [4.78, 5) is 12.5. The van der Waals surface area contributed by atoms with Gasteiger partial charge in [0, 0.05) is 12.5 Å². The number of esters is 1. The predicted octanol–water partition coefficient (Wildman–Crippen LogP) is 3.61. The standard InChI is InChI=1S/C19H23N3O2S/c1-3-12-22-17(15-10-11-15)20-21-19(22)25-16(18(23)24-4-2)13-14-8-6-5-7-9-14/h3,5-9,15-16H,1,4,10-13H2,2H3. The number of hydrogen-bond acceptors (Lipinski definition) is 5. The molecule has 1 saturated carbocycles. The first-order valence-corrected chi connectivity index (χ1v) is 9.52. The topological polar surface area (TPSA) is 57.0 Å². The SMILES string of the molecule is C=CCn1c(SC(Cc2ccccc2)C(=O)OCC)nnc1C1CC1. The van der Waals surface area contributed by atoms with Crippen LogP contribution in [0.15, 0.2) is 48.1 Å². The van der Waals surface area contributed by atoms with Crippen LogP contribution in [0.4, 0.5) is 0 Å². The molecule has 0 radical (unpaired) electrons. The lowest BCUT2D eigenvalue weighted by Gasteiger charge is -2.15. The molecule has 25 heavy (non-hydrogen) atoms. The molecule has 1 aliphatic rings. The Morgan fingerprint density at radius 1 is 1.40 bits per heavy atom. The maximum atomic E-state index is 12.5. The Morgan fingerprint density at radius 3 is 2.80 bits per heavy atom. The van der Waals surface area contributed by atoms with E-state index in [0.717, 1.165) is 29.4 Å². The summed E-state index contributed by atoms with van der Waals surface area (Å²) in [5.74, 6) is 1.29. The molecule has 1 aromatic carbocycles. The van der Waals surface area contributed by atoms with Gasteiger partial charge in [0.2, 0.25) is 0 Å². The molecule has 1 heterocycles. The van der Waals surface area contributed by atoms with Crippen LogP contribution < -0.4 is 0 Å². The number of nitrogens with zero attached hydrogens (tertiary/aromatic N) is 3. The highest BCUT2D eigenvalue weighted by Gasteiger charge is 2.32. The van der Waals surface area contributed by atoms with Gasteiger partial charge < -0.3 is 9.30 Å². The van der Waals surface area contributed by atoms with E-state index in [1.54, 1.807) is 0 Å². The van der Waals surface area contributed by atoms with E-state index >= 15 is 0 Å². The lowest BCUT2D eigenvalue weighted by Crippen LogP contribution is -2.23. The third-order valence-electron chi connectivity index (χ3n) is 4.06. The highest BCUT2D eigenvalue weighted by Crippen LogP contribution is 2.40. The van der Waals surface area contributed by atoms with Crippen LogP contribution in [0.3, 0.4) is 0 Å². The molecule has 3 rings (SSSR count). The maximum absolute atomic E-state index is 12.5. The van der Waals surface area contributed by atoms with Crippen LogP contribution in [-0.4, -0.2) is 32.6 Å². The fraction of sp³-hybridized carbons (Fsp3) is 0.421. The van der Waals surface area contributed by atoms with Gasteiger partial charge in [0.1, 0.15) is 11.1 Å². The number of thioether (sulfide) groups is 1. The van der Waals surface area contributed by atoms with Crippen molar-refractivity contribution >= 4 is 17.7 Å². The molecule has 0 saturated heterocycles. The van der Waals surface area contributed by atoms with Crippen LogP contribution in [0.5, 0.6) is 0 Å². The first-order chi connectivity index (χ1) is 12.2. The van der Waals surface area contributed by atoms with Gasteiger partial charge in [-0.3, -0.25) is 4.79 Å². The van der Waals surface area contributed by atoms with E-state index in [1.165, 1.54) is 11.8 Å². The van der Waals surface area contributed by atoms with E-state index in [1.807, 2.05) is 43.3 Å². The summed E-state index contributed by atoms with van der Waals surface area (Å²) in [6, 6.07) is 9.98. The Kier molecular flexibility index (Phi) is 5.91. The van der Waals surface area contributed by atoms with E-state index in [2.05, 4.69) is 21.3 Å². The molecule has 6 heteroatoms. The molecule has 0 aliphatic heterocycles. The summed E-state index contributed by atoms with van der Waals surface area (Å²) in [7, 11) is 0. The van der Waals surface area contributed by atoms with Crippen LogP contribution in [-0.2, 0) is 22.5 Å². The average Bonchev–Trinajstić information content (AvgIpc) is 3.39. The smallest absolute Gasteiger partial charge is 0.319 e. The summed E-state index contributed by atoms with van der Waals surface area (Å²) in [6.07, 6.45) is 4.76. The van der Waals surface area contributed by atoms with Gasteiger partial charge in [0.15, 0.2) is 5.16 Å². The van der Waals surface area contributed by atoms with Crippen molar-refractivity contribution in [2.24, 2.45) is 0 Å². The second-order valence-electron chi connectivity index (χ2n) is 6.06. The van der Waals surface area contributed by atoms with Crippen molar-refractivity contribution in [2.45, 2.75) is 49.1 Å². The number of hydrogen-bond donors (Lipinski definition) is 0. The van der Waals surface area contributed by atoms with Gasteiger partial charge in [0.25, 0.3) is 0 Å². The summed E-state index contributed by atoms with van der Waals surface area (Å²) >= 11 is 1.43. The lowest BCUT2D eigenvalue weighted by molar-refractivity contribution is -0.142. The van der Waals surface area contributed by atoms with Crippen LogP contribution in [0.2, 0.25) is 0 Å². The zero-order valence-electron chi connectivity index (χ0n) is 14.4. The van der Waals surface area contributed by atoms with Crippen LogP contribution >= 0.6 is 11.8 Å².